The summed E-state index contributed by atoms with van der Waals surface area (Å²) in [6.07, 6.45) is -6.91. The number of rotatable bonds is 3. The number of H-pyrrole nitrogens is 1. The molecule has 0 saturated carbocycles. The summed E-state index contributed by atoms with van der Waals surface area (Å²) in [5.74, 6) is -5.46. The highest BCUT2D eigenvalue weighted by Crippen LogP contribution is 2.30. The molecular weight excluding hydrogens is 608 g/mol. The molecule has 6 bridgehead atoms. The van der Waals surface area contributed by atoms with Crippen LogP contribution in [0.15, 0.2) is 65.7 Å². The molecule has 0 fully saturated rings. The third-order valence-electron chi connectivity index (χ3n) is 5.62. The molecule has 43 heavy (non-hydrogen) atoms. The molecule has 224 valence electrons. The Balaban J connectivity index is 0.000000301. The largest absolute Gasteiger partial charge is 0.458 e. The fraction of sp³-hybridized carbons (Fsp3) is 0.154. The summed E-state index contributed by atoms with van der Waals surface area (Å²) in [6.45, 7) is 0. The minimum absolute atomic E-state index is 0.214. The zero-order valence-corrected chi connectivity index (χ0v) is 22.2. The summed E-state index contributed by atoms with van der Waals surface area (Å²) >= 11 is 6.32. The van der Waals surface area contributed by atoms with E-state index in [4.69, 9.17) is 11.6 Å². The molecule has 4 N–H and O–H groups in total. The van der Waals surface area contributed by atoms with Crippen LogP contribution in [0.4, 0.5) is 61.1 Å². The summed E-state index contributed by atoms with van der Waals surface area (Å²) in [4.78, 5) is 46.5. The minimum atomic E-state index is -5.77. The van der Waals surface area contributed by atoms with Crippen LogP contribution < -0.4 is 21.5 Å². The van der Waals surface area contributed by atoms with Crippen molar-refractivity contribution in [1.29, 1.82) is 0 Å². The van der Waals surface area contributed by atoms with Crippen LogP contribution in [-0.4, -0.2) is 43.9 Å². The van der Waals surface area contributed by atoms with Gasteiger partial charge in [0.15, 0.2) is 5.82 Å². The van der Waals surface area contributed by atoms with Gasteiger partial charge < -0.3 is 16.0 Å². The summed E-state index contributed by atoms with van der Waals surface area (Å²) in [5.41, 5.74) is 4.62. The average molecular weight is 626 g/mol. The number of alkyl halides is 6. The lowest BCUT2D eigenvalue weighted by molar-refractivity contribution is -0.193. The number of fused-ring (bicyclic) bond motifs is 6. The van der Waals surface area contributed by atoms with Gasteiger partial charge in [-0.2, -0.15) is 31.3 Å². The van der Waals surface area contributed by atoms with E-state index in [0.29, 0.717) is 22.7 Å². The molecule has 2 aromatic heterocycles. The number of aryl methyl sites for hydroxylation is 2. The van der Waals surface area contributed by atoms with Gasteiger partial charge in [0.25, 0.3) is 5.56 Å². The zero-order valence-electron chi connectivity index (χ0n) is 21.4. The molecule has 0 amide bonds. The van der Waals surface area contributed by atoms with Gasteiger partial charge in [0, 0.05) is 29.3 Å². The number of carbonyl (C=O) groups excluding carboxylic acids is 2. The van der Waals surface area contributed by atoms with Crippen molar-refractivity contribution in [2.75, 3.05) is 16.0 Å². The van der Waals surface area contributed by atoms with Gasteiger partial charge in [-0.25, -0.2) is 9.97 Å². The van der Waals surface area contributed by atoms with Crippen LogP contribution in [0.3, 0.4) is 0 Å². The Morgan fingerprint density at radius 1 is 0.860 bits per heavy atom. The highest BCUT2D eigenvalue weighted by molar-refractivity contribution is 6.41. The molecular formula is C26H18ClF6N7O3. The van der Waals surface area contributed by atoms with E-state index in [1.165, 1.54) is 17.8 Å². The number of nitrogens with one attached hydrogen (secondary N) is 4. The highest BCUT2D eigenvalue weighted by Gasteiger charge is 2.54. The number of Topliss-reactive ketones (excluding diaryl/α,β-unsaturated/α-hetero) is 2. The van der Waals surface area contributed by atoms with Crippen molar-refractivity contribution in [1.82, 2.24) is 19.9 Å². The predicted octanol–water partition coefficient (Wildman–Crippen LogP) is 5.79. The third-order valence-corrected chi connectivity index (χ3v) is 5.90. The molecule has 0 radical (unpaired) electrons. The highest BCUT2D eigenvalue weighted by atomic mass is 35.5. The molecule has 17 heteroatoms. The molecule has 2 aromatic carbocycles. The summed E-state index contributed by atoms with van der Waals surface area (Å²) in [5, 5.41) is 10.1. The monoisotopic (exact) mass is 625 g/mol. The minimum Gasteiger partial charge on any atom is -0.339 e. The third kappa shape index (κ3) is 8.28. The maximum absolute atomic E-state index is 11.6. The maximum atomic E-state index is 11.6. The first-order valence-corrected chi connectivity index (χ1v) is 12.4. The number of aromatic nitrogens is 4. The SMILES string of the molecule is O=C(C(=O)C(F)(F)F)C(F)(F)F.O=c1ccnc(Nc2ccc3cc2CCc2cccc(c2)Nc2ncc(Cl)c(n2)N3)[nH]1. The molecule has 1 aliphatic rings. The van der Waals surface area contributed by atoms with E-state index < -0.39 is 23.9 Å². The van der Waals surface area contributed by atoms with Gasteiger partial charge in [-0.3, -0.25) is 19.4 Å². The van der Waals surface area contributed by atoms with Crippen LogP contribution in [0.2, 0.25) is 5.02 Å². The van der Waals surface area contributed by atoms with Crippen LogP contribution in [0.1, 0.15) is 11.1 Å². The number of aromatic amines is 1. The van der Waals surface area contributed by atoms with Crippen molar-refractivity contribution < 1.29 is 35.9 Å². The van der Waals surface area contributed by atoms with Gasteiger partial charge in [-0.15, -0.1) is 0 Å². The first-order chi connectivity index (χ1) is 20.2. The quantitative estimate of drug-likeness (QED) is 0.164. The Kier molecular flexibility index (Phi) is 8.99. The van der Waals surface area contributed by atoms with Crippen LogP contribution >= 0.6 is 11.6 Å². The first kappa shape index (κ1) is 31.0. The van der Waals surface area contributed by atoms with Gasteiger partial charge in [0.2, 0.25) is 11.9 Å². The van der Waals surface area contributed by atoms with E-state index in [0.717, 1.165) is 35.5 Å². The van der Waals surface area contributed by atoms with Crippen molar-refractivity contribution in [2.45, 2.75) is 25.2 Å². The van der Waals surface area contributed by atoms with Gasteiger partial charge in [-0.05, 0) is 54.3 Å². The maximum Gasteiger partial charge on any atom is 0.458 e. The Hall–Kier alpha value is -4.99. The molecule has 1 aliphatic heterocycles. The standard InChI is InChI=1S/C22H18ClN7O.C4F6O2/c23-17-12-25-22-27-15-3-1-2-13(10-15)4-5-14-11-16(26-20(17)30-22)6-7-18(14)28-21-24-9-8-19(31)29-21;5-3(6,7)1(11)2(12)4(8,9)10/h1-3,6-12H,4-5H2,(H2,24,28,29,31)(H2,25,26,27,30);. The smallest absolute Gasteiger partial charge is 0.339 e. The molecule has 0 aliphatic carbocycles. The number of hydrogen-bond donors (Lipinski definition) is 4. The lowest BCUT2D eigenvalue weighted by Gasteiger charge is -2.14. The Labute approximate surface area is 242 Å². The lowest BCUT2D eigenvalue weighted by Crippen LogP contribution is -2.39. The van der Waals surface area contributed by atoms with Crippen molar-refractivity contribution >= 4 is 57.9 Å². The van der Waals surface area contributed by atoms with Crippen molar-refractivity contribution in [3.8, 4) is 0 Å². The van der Waals surface area contributed by atoms with E-state index in [1.807, 2.05) is 30.3 Å². The number of nitrogens with zero attached hydrogens (tertiary/aromatic N) is 3. The van der Waals surface area contributed by atoms with E-state index in [-0.39, 0.29) is 5.56 Å². The van der Waals surface area contributed by atoms with Crippen molar-refractivity contribution in [2.24, 2.45) is 0 Å². The van der Waals surface area contributed by atoms with Crippen LogP contribution in [0, 0.1) is 0 Å². The molecule has 0 atom stereocenters. The number of benzene rings is 2. The number of carbonyl (C=O) groups is 2. The van der Waals surface area contributed by atoms with Gasteiger partial charge >= 0.3 is 23.9 Å². The van der Waals surface area contributed by atoms with Gasteiger partial charge in [0.05, 0.1) is 6.20 Å². The van der Waals surface area contributed by atoms with Crippen LogP contribution in [0.25, 0.3) is 0 Å². The van der Waals surface area contributed by atoms with Crippen molar-refractivity contribution in [3.63, 3.8) is 0 Å². The van der Waals surface area contributed by atoms with E-state index in [9.17, 15) is 40.7 Å². The van der Waals surface area contributed by atoms with E-state index >= 15 is 0 Å². The number of ketones is 2. The molecule has 4 aromatic rings. The first-order valence-electron chi connectivity index (χ1n) is 12.0. The molecule has 0 unspecified atom stereocenters. The van der Waals surface area contributed by atoms with Gasteiger partial charge in [0.1, 0.15) is 5.02 Å². The number of anilines is 6. The lowest BCUT2D eigenvalue weighted by atomic mass is 10.0. The Morgan fingerprint density at radius 3 is 2.23 bits per heavy atom. The predicted molar refractivity (Wildman–Crippen MR) is 144 cm³/mol. The molecule has 0 saturated heterocycles. The normalized spacial score (nSPS) is 12.5. The van der Waals surface area contributed by atoms with Gasteiger partial charge in [-0.1, -0.05) is 23.7 Å². The molecule has 3 heterocycles. The molecule has 5 rings (SSSR count). The van der Waals surface area contributed by atoms with Crippen molar-refractivity contribution in [3.05, 3.63) is 87.4 Å². The topological polar surface area (TPSA) is 142 Å². The van der Waals surface area contributed by atoms with E-state index in [1.54, 1.807) is 6.20 Å². The molecule has 0 spiro atoms. The number of halogens is 7. The summed E-state index contributed by atoms with van der Waals surface area (Å²) in [7, 11) is 0. The molecule has 10 nitrogen and oxygen atoms in total. The Morgan fingerprint density at radius 2 is 1.56 bits per heavy atom. The average Bonchev–Trinajstić information content (AvgIpc) is 2.93. The van der Waals surface area contributed by atoms with Crippen LogP contribution in [0.5, 0.6) is 0 Å². The van der Waals surface area contributed by atoms with Crippen LogP contribution in [-0.2, 0) is 22.4 Å². The summed E-state index contributed by atoms with van der Waals surface area (Å²) in [6, 6.07) is 15.4. The second kappa shape index (κ2) is 12.5. The fourth-order valence-corrected chi connectivity index (χ4v) is 3.82. The van der Waals surface area contributed by atoms with E-state index in [2.05, 4.69) is 48.0 Å². The second-order valence-electron chi connectivity index (χ2n) is 8.77. The summed E-state index contributed by atoms with van der Waals surface area (Å²) < 4.78 is 67.0. The zero-order chi connectivity index (χ0) is 31.4. The fourth-order valence-electron chi connectivity index (χ4n) is 3.68. The second-order valence-corrected chi connectivity index (χ2v) is 9.18. The number of hydrogen-bond acceptors (Lipinski definition) is 9. The Bertz CT molecular complexity index is 1700.